The molecule has 16 heavy (non-hydrogen) atoms. The lowest BCUT2D eigenvalue weighted by Gasteiger charge is -2.25. The molecule has 1 aromatic carbocycles. The molecule has 1 aliphatic heterocycles. The summed E-state index contributed by atoms with van der Waals surface area (Å²) in [6.45, 7) is 4.26. The van der Waals surface area contributed by atoms with E-state index in [1.807, 2.05) is 6.07 Å². The van der Waals surface area contributed by atoms with E-state index in [2.05, 4.69) is 40.3 Å². The van der Waals surface area contributed by atoms with Gasteiger partial charge in [-0.15, -0.1) is 0 Å². The average Bonchev–Trinajstić information content (AvgIpc) is 2.33. The molecule has 2 rings (SSSR count). The summed E-state index contributed by atoms with van der Waals surface area (Å²) in [7, 11) is 0. The van der Waals surface area contributed by atoms with Crippen molar-refractivity contribution in [3.8, 4) is 5.75 Å². The number of hydrogen-bond donors (Lipinski definition) is 1. The summed E-state index contributed by atoms with van der Waals surface area (Å²) < 4.78 is 7.17. The molecule has 0 aliphatic carbocycles. The van der Waals surface area contributed by atoms with Crippen LogP contribution in [-0.4, -0.2) is 19.2 Å². The zero-order valence-corrected chi connectivity index (χ0v) is 11.2. The van der Waals surface area contributed by atoms with Crippen LogP contribution in [0.2, 0.25) is 0 Å². The first-order chi connectivity index (χ1) is 7.79. The second kappa shape index (κ2) is 5.69. The largest absolute Gasteiger partial charge is 0.489 e. The van der Waals surface area contributed by atoms with Gasteiger partial charge in [0.15, 0.2) is 0 Å². The Morgan fingerprint density at radius 3 is 3.06 bits per heavy atom. The molecule has 1 aromatic rings. The Bertz CT molecular complexity index is 348. The second-order valence-corrected chi connectivity index (χ2v) is 5.11. The molecule has 1 saturated heterocycles. The lowest BCUT2D eigenvalue weighted by molar-refractivity contribution is 0.165. The van der Waals surface area contributed by atoms with Crippen LogP contribution >= 0.6 is 15.9 Å². The summed E-state index contributed by atoms with van der Waals surface area (Å²) in [5.41, 5.74) is 1.28. The van der Waals surface area contributed by atoms with Gasteiger partial charge in [0.25, 0.3) is 0 Å². The zero-order chi connectivity index (χ0) is 11.4. The predicted octanol–water partition coefficient (Wildman–Crippen LogP) is 3.14. The third-order valence-corrected chi connectivity index (χ3v) is 3.44. The number of piperidine rings is 1. The van der Waals surface area contributed by atoms with Crippen LogP contribution in [0.25, 0.3) is 0 Å². The normalized spacial score (nSPS) is 20.8. The van der Waals surface area contributed by atoms with E-state index in [4.69, 9.17) is 4.74 Å². The highest BCUT2D eigenvalue weighted by Gasteiger charge is 2.15. The maximum Gasteiger partial charge on any atom is 0.123 e. The topological polar surface area (TPSA) is 21.3 Å². The molecule has 88 valence electrons. The van der Waals surface area contributed by atoms with E-state index >= 15 is 0 Å². The SMILES string of the molecule is CCc1cc(Br)ccc1O[C@@H]1CCCNC1. The third-order valence-electron chi connectivity index (χ3n) is 2.95. The number of rotatable bonds is 3. The Labute approximate surface area is 106 Å². The van der Waals surface area contributed by atoms with Gasteiger partial charge in [0, 0.05) is 11.0 Å². The molecule has 3 heteroatoms. The molecule has 1 N–H and O–H groups in total. The van der Waals surface area contributed by atoms with E-state index < -0.39 is 0 Å². The number of nitrogens with one attached hydrogen (secondary N) is 1. The van der Waals surface area contributed by atoms with Crippen LogP contribution in [0.4, 0.5) is 0 Å². The number of halogens is 1. The highest BCUT2D eigenvalue weighted by Crippen LogP contribution is 2.25. The molecular formula is C13H18BrNO. The van der Waals surface area contributed by atoms with E-state index in [9.17, 15) is 0 Å². The van der Waals surface area contributed by atoms with E-state index in [1.54, 1.807) is 0 Å². The molecule has 0 saturated carbocycles. The van der Waals surface area contributed by atoms with Crippen molar-refractivity contribution in [3.63, 3.8) is 0 Å². The highest BCUT2D eigenvalue weighted by atomic mass is 79.9. The van der Waals surface area contributed by atoms with Crippen LogP contribution in [0.3, 0.4) is 0 Å². The molecule has 0 spiro atoms. The third kappa shape index (κ3) is 2.98. The fraction of sp³-hybridized carbons (Fsp3) is 0.538. The molecule has 2 nitrogen and oxygen atoms in total. The predicted molar refractivity (Wildman–Crippen MR) is 70.0 cm³/mol. The maximum absolute atomic E-state index is 6.05. The first-order valence-corrected chi connectivity index (χ1v) is 6.74. The van der Waals surface area contributed by atoms with Crippen molar-refractivity contribution in [1.82, 2.24) is 5.32 Å². The molecule has 1 atom stereocenters. The van der Waals surface area contributed by atoms with Crippen molar-refractivity contribution in [3.05, 3.63) is 28.2 Å². The summed E-state index contributed by atoms with van der Waals surface area (Å²) in [6.07, 6.45) is 3.71. The summed E-state index contributed by atoms with van der Waals surface area (Å²) in [5, 5.41) is 3.37. The molecule has 0 unspecified atom stereocenters. The van der Waals surface area contributed by atoms with Crippen molar-refractivity contribution in [2.75, 3.05) is 13.1 Å². The van der Waals surface area contributed by atoms with E-state index in [0.29, 0.717) is 6.10 Å². The average molecular weight is 284 g/mol. The van der Waals surface area contributed by atoms with Crippen molar-refractivity contribution in [2.45, 2.75) is 32.3 Å². The van der Waals surface area contributed by atoms with E-state index in [0.717, 1.165) is 36.2 Å². The first-order valence-electron chi connectivity index (χ1n) is 5.95. The number of hydrogen-bond acceptors (Lipinski definition) is 2. The molecule has 0 aromatic heterocycles. The van der Waals surface area contributed by atoms with Gasteiger partial charge >= 0.3 is 0 Å². The Hall–Kier alpha value is -0.540. The van der Waals surface area contributed by atoms with Gasteiger partial charge in [0.1, 0.15) is 11.9 Å². The van der Waals surface area contributed by atoms with Crippen LogP contribution in [0, 0.1) is 0 Å². The minimum atomic E-state index is 0.334. The summed E-state index contributed by atoms with van der Waals surface area (Å²) in [5.74, 6) is 1.04. The number of ether oxygens (including phenoxy) is 1. The molecule has 1 heterocycles. The molecule has 1 aliphatic rings. The van der Waals surface area contributed by atoms with Gasteiger partial charge in [-0.05, 0) is 49.6 Å². The quantitative estimate of drug-likeness (QED) is 0.920. The van der Waals surface area contributed by atoms with Crippen LogP contribution in [-0.2, 0) is 6.42 Å². The Morgan fingerprint density at radius 2 is 2.38 bits per heavy atom. The van der Waals surface area contributed by atoms with Gasteiger partial charge in [0.2, 0.25) is 0 Å². The van der Waals surface area contributed by atoms with Gasteiger partial charge in [-0.3, -0.25) is 0 Å². The molecule has 0 radical (unpaired) electrons. The van der Waals surface area contributed by atoms with E-state index in [-0.39, 0.29) is 0 Å². The molecule has 1 fully saturated rings. The van der Waals surface area contributed by atoms with Gasteiger partial charge in [0.05, 0.1) is 0 Å². The maximum atomic E-state index is 6.05. The zero-order valence-electron chi connectivity index (χ0n) is 9.63. The molecular weight excluding hydrogens is 266 g/mol. The van der Waals surface area contributed by atoms with Gasteiger partial charge in [-0.25, -0.2) is 0 Å². The monoisotopic (exact) mass is 283 g/mol. The van der Waals surface area contributed by atoms with Gasteiger partial charge < -0.3 is 10.1 Å². The van der Waals surface area contributed by atoms with Crippen LogP contribution in [0.5, 0.6) is 5.75 Å². The van der Waals surface area contributed by atoms with Crippen LogP contribution < -0.4 is 10.1 Å². The van der Waals surface area contributed by atoms with Crippen molar-refractivity contribution < 1.29 is 4.74 Å². The van der Waals surface area contributed by atoms with E-state index in [1.165, 1.54) is 12.0 Å². The number of benzene rings is 1. The van der Waals surface area contributed by atoms with Crippen molar-refractivity contribution >= 4 is 15.9 Å². The second-order valence-electron chi connectivity index (χ2n) is 4.19. The van der Waals surface area contributed by atoms with Gasteiger partial charge in [-0.2, -0.15) is 0 Å². The van der Waals surface area contributed by atoms with Crippen LogP contribution in [0.15, 0.2) is 22.7 Å². The smallest absolute Gasteiger partial charge is 0.123 e. The fourth-order valence-corrected chi connectivity index (χ4v) is 2.45. The summed E-state index contributed by atoms with van der Waals surface area (Å²) in [4.78, 5) is 0. The lowest BCUT2D eigenvalue weighted by Crippen LogP contribution is -2.37. The first kappa shape index (κ1) is 11.9. The Balaban J connectivity index is 2.07. The van der Waals surface area contributed by atoms with Gasteiger partial charge in [-0.1, -0.05) is 22.9 Å². The Kier molecular flexibility index (Phi) is 4.24. The minimum Gasteiger partial charge on any atom is -0.489 e. The number of aryl methyl sites for hydroxylation is 1. The van der Waals surface area contributed by atoms with Crippen molar-refractivity contribution in [2.24, 2.45) is 0 Å². The minimum absolute atomic E-state index is 0.334. The summed E-state index contributed by atoms with van der Waals surface area (Å²) >= 11 is 3.49. The lowest BCUT2D eigenvalue weighted by atomic mass is 10.1. The standard InChI is InChI=1S/C13H18BrNO/c1-2-10-8-11(14)5-6-13(10)16-12-4-3-7-15-9-12/h5-6,8,12,15H,2-4,7,9H2,1H3/t12-/m1/s1. The Morgan fingerprint density at radius 1 is 1.50 bits per heavy atom. The fourth-order valence-electron chi connectivity index (χ4n) is 2.04. The molecule has 0 bridgehead atoms. The molecule has 0 amide bonds. The summed E-state index contributed by atoms with van der Waals surface area (Å²) in [6, 6.07) is 6.26. The van der Waals surface area contributed by atoms with Crippen molar-refractivity contribution in [1.29, 1.82) is 0 Å². The highest BCUT2D eigenvalue weighted by molar-refractivity contribution is 9.10. The van der Waals surface area contributed by atoms with Crippen LogP contribution in [0.1, 0.15) is 25.3 Å².